The van der Waals surface area contributed by atoms with Crippen LogP contribution in [0.1, 0.15) is 13.8 Å². The average Bonchev–Trinajstić information content (AvgIpc) is 2.08. The molecule has 1 N–H and O–H groups in total. The summed E-state index contributed by atoms with van der Waals surface area (Å²) < 4.78 is 1.15. The number of aromatic nitrogens is 2. The average molecular weight is 196 g/mol. The van der Waals surface area contributed by atoms with Crippen molar-refractivity contribution in [1.82, 2.24) is 9.78 Å². The van der Waals surface area contributed by atoms with Crippen molar-refractivity contribution in [1.29, 1.82) is 0 Å². The van der Waals surface area contributed by atoms with Crippen LogP contribution in [0.2, 0.25) is 0 Å². The lowest BCUT2D eigenvalue weighted by Crippen LogP contribution is -2.34. The molecule has 1 heterocycles. The van der Waals surface area contributed by atoms with E-state index in [1.165, 1.54) is 18.3 Å². The fourth-order valence-corrected chi connectivity index (χ4v) is 0.948. The molecular formula is C9H12N2O3. The van der Waals surface area contributed by atoms with Gasteiger partial charge in [-0.25, -0.2) is 4.68 Å². The first-order chi connectivity index (χ1) is 6.43. The van der Waals surface area contributed by atoms with Crippen LogP contribution in [0.25, 0.3) is 0 Å². The fourth-order valence-electron chi connectivity index (χ4n) is 0.948. The van der Waals surface area contributed by atoms with E-state index in [4.69, 9.17) is 5.11 Å². The Morgan fingerprint density at radius 3 is 2.79 bits per heavy atom. The highest BCUT2D eigenvalue weighted by Crippen LogP contribution is 2.16. The Bertz CT molecular complexity index is 395. The molecule has 0 saturated carbocycles. The summed E-state index contributed by atoms with van der Waals surface area (Å²) in [6.45, 7) is 3.18. The lowest BCUT2D eigenvalue weighted by atomic mass is 9.94. The summed E-state index contributed by atoms with van der Waals surface area (Å²) in [7, 11) is 0. The standard InChI is InChI=1S/C9H12N2O3/c1-9(2,8(13)14)6-11-7(12)4-3-5-10-11/h3-5H,6H2,1-2H3,(H,13,14). The molecule has 5 heteroatoms. The third-order valence-corrected chi connectivity index (χ3v) is 1.91. The van der Waals surface area contributed by atoms with Crippen LogP contribution in [0.15, 0.2) is 23.1 Å². The maximum atomic E-state index is 11.2. The van der Waals surface area contributed by atoms with Gasteiger partial charge in [-0.1, -0.05) is 0 Å². The van der Waals surface area contributed by atoms with E-state index in [2.05, 4.69) is 5.10 Å². The number of carbonyl (C=O) groups is 1. The molecule has 0 spiro atoms. The first kappa shape index (κ1) is 10.4. The zero-order valence-electron chi connectivity index (χ0n) is 8.10. The van der Waals surface area contributed by atoms with Crippen LogP contribution in [0.3, 0.4) is 0 Å². The molecule has 0 aliphatic rings. The molecule has 0 saturated heterocycles. The van der Waals surface area contributed by atoms with Gasteiger partial charge < -0.3 is 5.11 Å². The van der Waals surface area contributed by atoms with Gasteiger partial charge in [0.1, 0.15) is 0 Å². The maximum Gasteiger partial charge on any atom is 0.310 e. The summed E-state index contributed by atoms with van der Waals surface area (Å²) in [6.07, 6.45) is 1.46. The van der Waals surface area contributed by atoms with Gasteiger partial charge in [0.25, 0.3) is 5.56 Å². The minimum atomic E-state index is -0.988. The lowest BCUT2D eigenvalue weighted by Gasteiger charge is -2.18. The molecule has 0 aliphatic heterocycles. The van der Waals surface area contributed by atoms with Gasteiger partial charge in [-0.15, -0.1) is 0 Å². The van der Waals surface area contributed by atoms with Gasteiger partial charge in [-0.2, -0.15) is 5.10 Å². The van der Waals surface area contributed by atoms with E-state index in [0.29, 0.717) is 0 Å². The fraction of sp³-hybridized carbons (Fsp3) is 0.444. The predicted molar refractivity (Wildman–Crippen MR) is 49.9 cm³/mol. The van der Waals surface area contributed by atoms with Crippen molar-refractivity contribution in [2.24, 2.45) is 5.41 Å². The monoisotopic (exact) mass is 196 g/mol. The molecule has 0 bridgehead atoms. The predicted octanol–water partition coefficient (Wildman–Crippen LogP) is 0.354. The smallest absolute Gasteiger partial charge is 0.310 e. The number of nitrogens with zero attached hydrogens (tertiary/aromatic N) is 2. The van der Waals surface area contributed by atoms with Crippen LogP contribution in [-0.2, 0) is 11.3 Å². The second kappa shape index (κ2) is 3.61. The Kier molecular flexibility index (Phi) is 2.69. The molecule has 1 aromatic rings. The van der Waals surface area contributed by atoms with Crippen molar-refractivity contribution >= 4 is 5.97 Å². The Hall–Kier alpha value is -1.65. The third-order valence-electron chi connectivity index (χ3n) is 1.91. The Morgan fingerprint density at radius 1 is 1.64 bits per heavy atom. The second-order valence-corrected chi connectivity index (χ2v) is 3.71. The number of carboxylic acid groups (broad SMARTS) is 1. The first-order valence-electron chi connectivity index (χ1n) is 4.19. The molecule has 1 aromatic heterocycles. The van der Waals surface area contributed by atoms with Gasteiger partial charge in [-0.05, 0) is 19.9 Å². The van der Waals surface area contributed by atoms with Gasteiger partial charge >= 0.3 is 5.97 Å². The van der Waals surface area contributed by atoms with Gasteiger partial charge in [-0.3, -0.25) is 9.59 Å². The third kappa shape index (κ3) is 2.18. The van der Waals surface area contributed by atoms with E-state index in [1.807, 2.05) is 0 Å². The summed E-state index contributed by atoms with van der Waals surface area (Å²) in [5.41, 5.74) is -1.28. The van der Waals surface area contributed by atoms with Gasteiger partial charge in [0.15, 0.2) is 0 Å². The molecule has 0 unspecified atom stereocenters. The minimum Gasteiger partial charge on any atom is -0.481 e. The minimum absolute atomic E-state index is 0.0714. The van der Waals surface area contributed by atoms with Crippen LogP contribution in [-0.4, -0.2) is 20.9 Å². The van der Waals surface area contributed by atoms with Crippen molar-refractivity contribution in [3.8, 4) is 0 Å². The Balaban J connectivity index is 2.95. The molecule has 0 atom stereocenters. The molecule has 5 nitrogen and oxygen atoms in total. The van der Waals surface area contributed by atoms with Crippen molar-refractivity contribution in [2.75, 3.05) is 0 Å². The Labute approximate surface area is 81.0 Å². The number of aliphatic carboxylic acids is 1. The van der Waals surface area contributed by atoms with Crippen LogP contribution >= 0.6 is 0 Å². The van der Waals surface area contributed by atoms with E-state index in [1.54, 1.807) is 13.8 Å². The first-order valence-corrected chi connectivity index (χ1v) is 4.19. The number of hydrogen-bond donors (Lipinski definition) is 1. The molecule has 14 heavy (non-hydrogen) atoms. The molecule has 0 amide bonds. The van der Waals surface area contributed by atoms with E-state index < -0.39 is 11.4 Å². The van der Waals surface area contributed by atoms with Crippen molar-refractivity contribution in [2.45, 2.75) is 20.4 Å². The molecule has 0 aliphatic carbocycles. The van der Waals surface area contributed by atoms with Gasteiger partial charge in [0.2, 0.25) is 0 Å². The summed E-state index contributed by atoms with van der Waals surface area (Å²) in [5, 5.41) is 12.6. The van der Waals surface area contributed by atoms with Crippen LogP contribution in [0.4, 0.5) is 0 Å². The van der Waals surface area contributed by atoms with Crippen LogP contribution in [0, 0.1) is 5.41 Å². The molecule has 1 rings (SSSR count). The normalized spacial score (nSPS) is 11.3. The highest BCUT2D eigenvalue weighted by molar-refractivity contribution is 5.73. The van der Waals surface area contributed by atoms with Crippen LogP contribution < -0.4 is 5.56 Å². The maximum absolute atomic E-state index is 11.2. The summed E-state index contributed by atoms with van der Waals surface area (Å²) >= 11 is 0. The quantitative estimate of drug-likeness (QED) is 0.757. The van der Waals surface area contributed by atoms with Gasteiger partial charge in [0.05, 0.1) is 12.0 Å². The zero-order valence-corrected chi connectivity index (χ0v) is 8.10. The van der Waals surface area contributed by atoms with Gasteiger partial charge in [0, 0.05) is 12.3 Å². The molecular weight excluding hydrogens is 184 g/mol. The zero-order chi connectivity index (χ0) is 10.8. The highest BCUT2D eigenvalue weighted by Gasteiger charge is 2.28. The van der Waals surface area contributed by atoms with Crippen molar-refractivity contribution in [3.05, 3.63) is 28.7 Å². The largest absolute Gasteiger partial charge is 0.481 e. The molecule has 76 valence electrons. The summed E-state index contributed by atoms with van der Waals surface area (Å²) in [4.78, 5) is 22.0. The van der Waals surface area contributed by atoms with Crippen LogP contribution in [0.5, 0.6) is 0 Å². The number of rotatable bonds is 3. The van der Waals surface area contributed by atoms with E-state index in [-0.39, 0.29) is 12.1 Å². The van der Waals surface area contributed by atoms with Crippen molar-refractivity contribution in [3.63, 3.8) is 0 Å². The SMILES string of the molecule is CC(C)(Cn1ncccc1=O)C(=O)O. The lowest BCUT2D eigenvalue weighted by molar-refractivity contribution is -0.147. The number of hydrogen-bond acceptors (Lipinski definition) is 3. The molecule has 0 aromatic carbocycles. The molecule has 0 radical (unpaired) electrons. The van der Waals surface area contributed by atoms with E-state index in [0.717, 1.165) is 4.68 Å². The topological polar surface area (TPSA) is 72.2 Å². The summed E-state index contributed by atoms with van der Waals surface area (Å²) in [5.74, 6) is -0.949. The number of carboxylic acids is 1. The van der Waals surface area contributed by atoms with Crippen molar-refractivity contribution < 1.29 is 9.90 Å². The molecule has 0 fully saturated rings. The highest BCUT2D eigenvalue weighted by atomic mass is 16.4. The van der Waals surface area contributed by atoms with E-state index >= 15 is 0 Å². The van der Waals surface area contributed by atoms with E-state index in [9.17, 15) is 9.59 Å². The summed E-state index contributed by atoms with van der Waals surface area (Å²) in [6, 6.07) is 2.87. The second-order valence-electron chi connectivity index (χ2n) is 3.71. The Morgan fingerprint density at radius 2 is 2.29 bits per heavy atom.